The molecule has 22 heavy (non-hydrogen) atoms. The second-order valence-electron chi connectivity index (χ2n) is 5.46. The molecule has 1 aromatic rings. The normalized spacial score (nSPS) is 18.3. The fourth-order valence-corrected chi connectivity index (χ4v) is 3.22. The molecular weight excluding hydrogens is 300 g/mol. The highest BCUT2D eigenvalue weighted by Gasteiger charge is 2.23. The quantitative estimate of drug-likeness (QED) is 0.864. The highest BCUT2D eigenvalue weighted by atomic mass is 32.2. The summed E-state index contributed by atoms with van der Waals surface area (Å²) in [6.45, 7) is 3.07. The minimum absolute atomic E-state index is 0.123. The van der Waals surface area contributed by atoms with E-state index < -0.39 is 10.0 Å². The molecule has 1 saturated heterocycles. The van der Waals surface area contributed by atoms with E-state index in [2.05, 4.69) is 16.6 Å². The number of carbonyl (C=O) groups is 1. The average molecular weight is 320 g/mol. The van der Waals surface area contributed by atoms with Crippen LogP contribution in [0.5, 0.6) is 0 Å². The lowest BCUT2D eigenvalue weighted by Gasteiger charge is -2.31. The van der Waals surface area contributed by atoms with E-state index in [1.807, 2.05) is 12.1 Å². The van der Waals surface area contributed by atoms with Crippen LogP contribution >= 0.6 is 0 Å². The first-order valence-corrected chi connectivity index (χ1v) is 9.07. The van der Waals surface area contributed by atoms with E-state index in [0.29, 0.717) is 12.2 Å². The van der Waals surface area contributed by atoms with Gasteiger partial charge in [0, 0.05) is 24.7 Å². The maximum atomic E-state index is 11.9. The average Bonchev–Trinajstić information content (AvgIpc) is 2.47. The Hall–Kier alpha value is -2.00. The van der Waals surface area contributed by atoms with E-state index in [1.165, 1.54) is 0 Å². The second kappa shape index (κ2) is 6.84. The molecule has 1 aromatic carbocycles. The van der Waals surface area contributed by atoms with Crippen molar-refractivity contribution in [1.82, 2.24) is 4.90 Å². The summed E-state index contributed by atoms with van der Waals surface area (Å²) in [5.74, 6) is 5.37. The number of benzene rings is 1. The minimum Gasteiger partial charge on any atom is -0.331 e. The van der Waals surface area contributed by atoms with Gasteiger partial charge in [-0.15, -0.1) is 0 Å². The molecule has 1 aliphatic heterocycles. The monoisotopic (exact) mass is 320 g/mol. The van der Waals surface area contributed by atoms with Crippen molar-refractivity contribution in [2.45, 2.75) is 25.7 Å². The number of anilines is 1. The van der Waals surface area contributed by atoms with Crippen molar-refractivity contribution in [2.75, 3.05) is 24.1 Å². The Morgan fingerprint density at radius 3 is 2.59 bits per heavy atom. The van der Waals surface area contributed by atoms with Gasteiger partial charge in [0.2, 0.25) is 10.0 Å². The van der Waals surface area contributed by atoms with Gasteiger partial charge in [-0.1, -0.05) is 18.1 Å². The van der Waals surface area contributed by atoms with Crippen LogP contribution in [-0.4, -0.2) is 38.6 Å². The third-order valence-corrected chi connectivity index (χ3v) is 4.23. The summed E-state index contributed by atoms with van der Waals surface area (Å²) in [7, 11) is -3.26. The number of hydrogen-bond donors (Lipinski definition) is 1. The molecule has 1 fully saturated rings. The van der Waals surface area contributed by atoms with Gasteiger partial charge < -0.3 is 4.90 Å². The van der Waals surface area contributed by atoms with Crippen molar-refractivity contribution < 1.29 is 13.2 Å². The molecular formula is C16H20N2O3S. The summed E-state index contributed by atoms with van der Waals surface area (Å²) < 4.78 is 24.8. The standard InChI is InChI=1S/C16H20N2O3S/c1-3-5-16(19)18-11-4-6-14(12-18)13-7-9-15(10-8-13)17-22(2,20)21/h7-10,14,17H,4,6,11-12H2,1-2H3. The summed E-state index contributed by atoms with van der Waals surface area (Å²) in [5, 5.41) is 0. The van der Waals surface area contributed by atoms with Crippen molar-refractivity contribution in [1.29, 1.82) is 0 Å². The summed E-state index contributed by atoms with van der Waals surface area (Å²) in [4.78, 5) is 13.6. The molecule has 2 rings (SSSR count). The molecule has 0 radical (unpaired) electrons. The number of likely N-dealkylation sites (tertiary alicyclic amines) is 1. The molecule has 6 heteroatoms. The third-order valence-electron chi connectivity index (χ3n) is 3.63. The smallest absolute Gasteiger partial charge is 0.298 e. The topological polar surface area (TPSA) is 66.5 Å². The van der Waals surface area contributed by atoms with Crippen molar-refractivity contribution in [2.24, 2.45) is 0 Å². The number of amides is 1. The van der Waals surface area contributed by atoms with Crippen LogP contribution in [0, 0.1) is 11.8 Å². The van der Waals surface area contributed by atoms with Gasteiger partial charge in [0.15, 0.2) is 0 Å². The number of sulfonamides is 1. The predicted molar refractivity (Wildman–Crippen MR) is 86.9 cm³/mol. The molecule has 1 unspecified atom stereocenters. The summed E-state index contributed by atoms with van der Waals surface area (Å²) in [5.41, 5.74) is 1.66. The molecule has 0 spiro atoms. The van der Waals surface area contributed by atoms with Gasteiger partial charge in [0.05, 0.1) is 6.26 Å². The number of rotatable bonds is 3. The largest absolute Gasteiger partial charge is 0.331 e. The third kappa shape index (κ3) is 4.50. The Labute approximate surface area is 131 Å². The van der Waals surface area contributed by atoms with Crippen LogP contribution in [0.4, 0.5) is 5.69 Å². The van der Waals surface area contributed by atoms with Gasteiger partial charge in [-0.2, -0.15) is 0 Å². The maximum Gasteiger partial charge on any atom is 0.298 e. The van der Waals surface area contributed by atoms with E-state index in [4.69, 9.17) is 0 Å². The first-order chi connectivity index (χ1) is 10.4. The summed E-state index contributed by atoms with van der Waals surface area (Å²) >= 11 is 0. The molecule has 1 N–H and O–H groups in total. The molecule has 0 aromatic heterocycles. The minimum atomic E-state index is -3.26. The molecule has 1 aliphatic rings. The Balaban J connectivity index is 2.07. The van der Waals surface area contributed by atoms with Crippen LogP contribution in [0.1, 0.15) is 31.2 Å². The van der Waals surface area contributed by atoms with Crippen LogP contribution in [0.25, 0.3) is 0 Å². The Kier molecular flexibility index (Phi) is 5.09. The van der Waals surface area contributed by atoms with Gasteiger partial charge in [-0.3, -0.25) is 9.52 Å². The summed E-state index contributed by atoms with van der Waals surface area (Å²) in [6, 6.07) is 7.33. The van der Waals surface area contributed by atoms with Crippen LogP contribution in [0.3, 0.4) is 0 Å². The lowest BCUT2D eigenvalue weighted by molar-refractivity contribution is -0.126. The SMILES string of the molecule is CC#CC(=O)N1CCCC(c2ccc(NS(C)(=O)=O)cc2)C1. The fraction of sp³-hybridized carbons (Fsp3) is 0.438. The van der Waals surface area contributed by atoms with Gasteiger partial charge in [0.1, 0.15) is 0 Å². The highest BCUT2D eigenvalue weighted by Crippen LogP contribution is 2.27. The zero-order valence-corrected chi connectivity index (χ0v) is 13.6. The van der Waals surface area contributed by atoms with Crippen molar-refractivity contribution >= 4 is 21.6 Å². The number of piperidine rings is 1. The molecule has 5 nitrogen and oxygen atoms in total. The van der Waals surface area contributed by atoms with E-state index in [0.717, 1.165) is 31.2 Å². The van der Waals surface area contributed by atoms with Gasteiger partial charge in [-0.05, 0) is 43.4 Å². The molecule has 1 atom stereocenters. The lowest BCUT2D eigenvalue weighted by atomic mass is 9.90. The molecule has 0 saturated carbocycles. The Bertz CT molecular complexity index is 699. The number of carbonyl (C=O) groups excluding carboxylic acids is 1. The second-order valence-corrected chi connectivity index (χ2v) is 7.21. The molecule has 0 aliphatic carbocycles. The number of nitrogens with one attached hydrogen (secondary N) is 1. The van der Waals surface area contributed by atoms with Crippen LogP contribution in [0.2, 0.25) is 0 Å². The van der Waals surface area contributed by atoms with Crippen molar-refractivity contribution in [3.05, 3.63) is 29.8 Å². The first-order valence-electron chi connectivity index (χ1n) is 7.18. The fourth-order valence-electron chi connectivity index (χ4n) is 2.66. The van der Waals surface area contributed by atoms with Crippen LogP contribution in [0.15, 0.2) is 24.3 Å². The lowest BCUT2D eigenvalue weighted by Crippen LogP contribution is -2.38. The van der Waals surface area contributed by atoms with E-state index in [-0.39, 0.29) is 11.8 Å². The van der Waals surface area contributed by atoms with Crippen LogP contribution < -0.4 is 4.72 Å². The molecule has 118 valence electrons. The Morgan fingerprint density at radius 2 is 2.00 bits per heavy atom. The first kappa shape index (κ1) is 16.4. The van der Waals surface area contributed by atoms with Gasteiger partial charge in [-0.25, -0.2) is 8.42 Å². The molecule has 0 bridgehead atoms. The van der Waals surface area contributed by atoms with Crippen molar-refractivity contribution in [3.63, 3.8) is 0 Å². The van der Waals surface area contributed by atoms with E-state index in [1.54, 1.807) is 24.0 Å². The van der Waals surface area contributed by atoms with E-state index in [9.17, 15) is 13.2 Å². The molecule has 1 amide bonds. The summed E-state index contributed by atoms with van der Waals surface area (Å²) in [6.07, 6.45) is 3.09. The van der Waals surface area contributed by atoms with Gasteiger partial charge >= 0.3 is 0 Å². The number of nitrogens with zero attached hydrogens (tertiary/aromatic N) is 1. The maximum absolute atomic E-state index is 11.9. The van der Waals surface area contributed by atoms with E-state index >= 15 is 0 Å². The van der Waals surface area contributed by atoms with Crippen molar-refractivity contribution in [3.8, 4) is 11.8 Å². The highest BCUT2D eigenvalue weighted by molar-refractivity contribution is 7.92. The predicted octanol–water partition coefficient (Wildman–Crippen LogP) is 1.79. The van der Waals surface area contributed by atoms with Gasteiger partial charge in [0.25, 0.3) is 5.91 Å². The Morgan fingerprint density at radius 1 is 1.32 bits per heavy atom. The zero-order valence-electron chi connectivity index (χ0n) is 12.8. The number of hydrogen-bond acceptors (Lipinski definition) is 3. The zero-order chi connectivity index (χ0) is 16.2. The molecule has 1 heterocycles. The van der Waals surface area contributed by atoms with Crippen LogP contribution in [-0.2, 0) is 14.8 Å².